The highest BCUT2D eigenvalue weighted by molar-refractivity contribution is 9.10. The van der Waals surface area contributed by atoms with Crippen LogP contribution in [0.1, 0.15) is 16.3 Å². The van der Waals surface area contributed by atoms with Crippen molar-refractivity contribution in [1.29, 1.82) is 0 Å². The number of nitrogens with zero attached hydrogens (tertiary/aromatic N) is 2. The molecule has 0 radical (unpaired) electrons. The Morgan fingerprint density at radius 1 is 1.38 bits per heavy atom. The molecule has 3 aromatic rings. The van der Waals surface area contributed by atoms with Crippen LogP contribution in [0.25, 0.3) is 22.5 Å². The van der Waals surface area contributed by atoms with Crippen LogP contribution in [0.3, 0.4) is 0 Å². The molecule has 0 spiro atoms. The Balaban J connectivity index is 1.91. The highest BCUT2D eigenvalue weighted by atomic mass is 79.9. The molecule has 6 heteroatoms. The molecular weight excluding hydrogens is 372 g/mol. The van der Waals surface area contributed by atoms with Crippen molar-refractivity contribution in [2.24, 2.45) is 0 Å². The van der Waals surface area contributed by atoms with E-state index in [4.69, 9.17) is 16.1 Å². The third kappa shape index (κ3) is 3.26. The zero-order valence-corrected chi connectivity index (χ0v) is 14.2. The van der Waals surface area contributed by atoms with Crippen LogP contribution in [0.5, 0.6) is 0 Å². The van der Waals surface area contributed by atoms with Crippen molar-refractivity contribution >= 4 is 50.0 Å². The Hall–Kier alpha value is -1.43. The molecule has 0 aliphatic rings. The van der Waals surface area contributed by atoms with Crippen LogP contribution in [0, 0.1) is 6.92 Å². The largest absolute Gasteiger partial charge is 0.333 e. The molecule has 3 nitrogen and oxygen atoms in total. The first-order valence-electron chi connectivity index (χ1n) is 6.15. The summed E-state index contributed by atoms with van der Waals surface area (Å²) in [6.07, 6.45) is 1.81. The lowest BCUT2D eigenvalue weighted by Gasteiger charge is -1.97. The first-order chi connectivity index (χ1) is 10.1. The molecule has 0 N–H and O–H groups in total. The van der Waals surface area contributed by atoms with Crippen LogP contribution in [-0.4, -0.2) is 10.1 Å². The number of aromatic nitrogens is 2. The predicted molar refractivity (Wildman–Crippen MR) is 90.2 cm³/mol. The molecular formula is C15H10BrClN2OS. The number of hydrogen-bond acceptors (Lipinski definition) is 4. The van der Waals surface area contributed by atoms with E-state index in [2.05, 4.69) is 26.1 Å². The maximum atomic E-state index is 6.25. The summed E-state index contributed by atoms with van der Waals surface area (Å²) in [6.45, 7) is 2.01. The van der Waals surface area contributed by atoms with Gasteiger partial charge in [-0.15, -0.1) is 11.3 Å². The molecule has 0 saturated heterocycles. The molecule has 0 saturated carbocycles. The Morgan fingerprint density at radius 2 is 2.19 bits per heavy atom. The first-order valence-corrected chi connectivity index (χ1v) is 8.20. The molecule has 0 aliphatic carbocycles. The minimum absolute atomic E-state index is 0.319. The van der Waals surface area contributed by atoms with E-state index >= 15 is 0 Å². The molecule has 0 amide bonds. The Kier molecular flexibility index (Phi) is 4.24. The molecule has 0 atom stereocenters. The molecule has 2 heterocycles. The normalized spacial score (nSPS) is 11.9. The van der Waals surface area contributed by atoms with Gasteiger partial charge in [0.05, 0.1) is 0 Å². The molecule has 3 rings (SSSR count). The number of rotatable bonds is 3. The fourth-order valence-corrected chi connectivity index (χ4v) is 3.48. The number of halogens is 2. The highest BCUT2D eigenvalue weighted by Crippen LogP contribution is 2.28. The monoisotopic (exact) mass is 380 g/mol. The summed E-state index contributed by atoms with van der Waals surface area (Å²) >= 11 is 11.2. The Morgan fingerprint density at radius 3 is 2.90 bits per heavy atom. The van der Waals surface area contributed by atoms with Crippen LogP contribution in [-0.2, 0) is 0 Å². The van der Waals surface area contributed by atoms with Crippen molar-refractivity contribution in [3.8, 4) is 11.4 Å². The van der Waals surface area contributed by atoms with Crippen molar-refractivity contribution in [2.75, 3.05) is 0 Å². The third-order valence-electron chi connectivity index (χ3n) is 2.87. The summed E-state index contributed by atoms with van der Waals surface area (Å²) in [7, 11) is 0. The van der Waals surface area contributed by atoms with E-state index in [1.807, 2.05) is 48.7 Å². The van der Waals surface area contributed by atoms with Gasteiger partial charge in [-0.3, -0.25) is 0 Å². The van der Waals surface area contributed by atoms with E-state index in [1.165, 1.54) is 0 Å². The number of hydrogen-bond donors (Lipinski definition) is 0. The Bertz CT molecular complexity index is 809. The second-order valence-corrected chi connectivity index (χ2v) is 6.66. The van der Waals surface area contributed by atoms with Crippen LogP contribution >= 0.6 is 38.9 Å². The summed E-state index contributed by atoms with van der Waals surface area (Å²) < 4.78 is 6.27. The number of aryl methyl sites for hydroxylation is 1. The quantitative estimate of drug-likeness (QED) is 0.592. The minimum atomic E-state index is 0.319. The van der Waals surface area contributed by atoms with Crippen molar-refractivity contribution in [2.45, 2.75) is 6.92 Å². The van der Waals surface area contributed by atoms with E-state index in [-0.39, 0.29) is 0 Å². The van der Waals surface area contributed by atoms with Gasteiger partial charge in [-0.2, -0.15) is 4.98 Å². The third-order valence-corrected chi connectivity index (χ3v) is 4.78. The molecule has 1 aromatic carbocycles. The average molecular weight is 382 g/mol. The number of benzene rings is 1. The average Bonchev–Trinajstić information content (AvgIpc) is 3.09. The summed E-state index contributed by atoms with van der Waals surface area (Å²) in [6, 6.07) is 9.86. The molecule has 21 heavy (non-hydrogen) atoms. The highest BCUT2D eigenvalue weighted by Gasteiger charge is 2.13. The zero-order valence-electron chi connectivity index (χ0n) is 11.0. The van der Waals surface area contributed by atoms with E-state index in [0.717, 1.165) is 20.5 Å². The van der Waals surface area contributed by atoms with E-state index < -0.39 is 0 Å². The van der Waals surface area contributed by atoms with Crippen molar-refractivity contribution in [3.63, 3.8) is 0 Å². The van der Waals surface area contributed by atoms with Gasteiger partial charge in [0.1, 0.15) is 5.03 Å². The molecule has 0 bridgehead atoms. The summed E-state index contributed by atoms with van der Waals surface area (Å²) in [5.74, 6) is 0.862. The van der Waals surface area contributed by atoms with Crippen LogP contribution in [0.4, 0.5) is 0 Å². The fourth-order valence-electron chi connectivity index (χ4n) is 1.84. The van der Waals surface area contributed by atoms with Gasteiger partial charge < -0.3 is 4.52 Å². The minimum Gasteiger partial charge on any atom is -0.333 e. The lowest BCUT2D eigenvalue weighted by molar-refractivity contribution is 0.410. The Labute approximate surface area is 139 Å². The predicted octanol–water partition coefficient (Wildman–Crippen LogP) is 5.61. The van der Waals surface area contributed by atoms with Gasteiger partial charge in [0.15, 0.2) is 0 Å². The maximum absolute atomic E-state index is 6.25. The van der Waals surface area contributed by atoms with Crippen molar-refractivity contribution in [1.82, 2.24) is 10.1 Å². The van der Waals surface area contributed by atoms with Gasteiger partial charge in [-0.1, -0.05) is 41.0 Å². The molecule has 0 unspecified atom stereocenters. The van der Waals surface area contributed by atoms with Crippen molar-refractivity contribution < 1.29 is 4.52 Å². The second-order valence-electron chi connectivity index (χ2n) is 4.40. The van der Waals surface area contributed by atoms with Crippen LogP contribution < -0.4 is 0 Å². The molecule has 106 valence electrons. The van der Waals surface area contributed by atoms with Crippen molar-refractivity contribution in [3.05, 3.63) is 56.5 Å². The van der Waals surface area contributed by atoms with Gasteiger partial charge in [-0.25, -0.2) is 0 Å². The van der Waals surface area contributed by atoms with E-state index in [1.54, 1.807) is 11.3 Å². The standard InChI is InChI=1S/C15H10BrClN2OS/c1-9-4-2-3-5-12(9)14-18-15(20-19-14)13(17)7-11-6-10(16)8-21-11/h2-8H,1H3/b13-7-. The lowest BCUT2D eigenvalue weighted by atomic mass is 10.1. The number of thiophene rings is 1. The summed E-state index contributed by atoms with van der Waals surface area (Å²) in [5.41, 5.74) is 2.03. The van der Waals surface area contributed by atoms with Gasteiger partial charge in [0.25, 0.3) is 5.89 Å². The fraction of sp³-hybridized carbons (Fsp3) is 0.0667. The topological polar surface area (TPSA) is 38.9 Å². The maximum Gasteiger partial charge on any atom is 0.269 e. The smallest absolute Gasteiger partial charge is 0.269 e. The zero-order chi connectivity index (χ0) is 14.8. The van der Waals surface area contributed by atoms with Gasteiger partial charge in [0.2, 0.25) is 5.82 Å². The summed E-state index contributed by atoms with van der Waals surface area (Å²) in [5, 5.41) is 6.41. The van der Waals surface area contributed by atoms with Gasteiger partial charge in [0, 0.05) is 20.3 Å². The van der Waals surface area contributed by atoms with Crippen LogP contribution in [0.2, 0.25) is 0 Å². The molecule has 0 aliphatic heterocycles. The van der Waals surface area contributed by atoms with E-state index in [0.29, 0.717) is 16.7 Å². The molecule has 0 fully saturated rings. The second kappa shape index (κ2) is 6.13. The van der Waals surface area contributed by atoms with E-state index in [9.17, 15) is 0 Å². The lowest BCUT2D eigenvalue weighted by Crippen LogP contribution is -1.85. The summed E-state index contributed by atoms with van der Waals surface area (Å²) in [4.78, 5) is 5.38. The van der Waals surface area contributed by atoms with Crippen LogP contribution in [0.15, 0.2) is 44.7 Å². The first kappa shape index (κ1) is 14.5. The van der Waals surface area contributed by atoms with Gasteiger partial charge >= 0.3 is 0 Å². The molecule has 2 aromatic heterocycles. The SMILES string of the molecule is Cc1ccccc1-c1noc(/C(Cl)=C/c2cc(Br)cs2)n1. The van der Waals surface area contributed by atoms with Gasteiger partial charge in [-0.05, 0) is 40.6 Å².